The van der Waals surface area contributed by atoms with Crippen molar-refractivity contribution >= 4 is 26.8 Å². The van der Waals surface area contributed by atoms with Gasteiger partial charge in [-0.25, -0.2) is 8.42 Å². The zero-order valence-corrected chi connectivity index (χ0v) is 22.3. The van der Waals surface area contributed by atoms with Gasteiger partial charge in [0.1, 0.15) is 11.3 Å². The lowest BCUT2D eigenvalue weighted by atomic mass is 9.95. The number of aliphatic carboxylic acids is 1. The summed E-state index contributed by atoms with van der Waals surface area (Å²) >= 11 is 0. The van der Waals surface area contributed by atoms with Gasteiger partial charge in [0.05, 0.1) is 12.0 Å². The summed E-state index contributed by atoms with van der Waals surface area (Å²) in [5, 5.41) is 11.7. The van der Waals surface area contributed by atoms with Crippen LogP contribution in [0.25, 0.3) is 21.9 Å². The minimum atomic E-state index is -4.00. The molecule has 0 radical (unpaired) electrons. The lowest BCUT2D eigenvalue weighted by molar-refractivity contribution is -0.144. The number of carboxylic acids is 1. The van der Waals surface area contributed by atoms with Crippen LogP contribution in [0.5, 0.6) is 5.75 Å². The second kappa shape index (κ2) is 11.1. The molecular formula is C31H29NO5S. The van der Waals surface area contributed by atoms with Gasteiger partial charge < -0.3 is 9.84 Å². The second-order valence-electron chi connectivity index (χ2n) is 8.98. The molecule has 0 fully saturated rings. The Hall–Kier alpha value is -4.12. The SMILES string of the molecule is CCC(CC)(NS(=O)(=O)c1ccc(-c2ccc(C#Cc3ccc4cc(OC)ccc4c3)cc2)cc1)C(=O)O. The first kappa shape index (κ1) is 26.9. The van der Waals surface area contributed by atoms with Gasteiger partial charge in [-0.05, 0) is 83.3 Å². The highest BCUT2D eigenvalue weighted by atomic mass is 32.2. The average molecular weight is 528 g/mol. The van der Waals surface area contributed by atoms with Crippen molar-refractivity contribution in [3.63, 3.8) is 0 Å². The van der Waals surface area contributed by atoms with Crippen LogP contribution in [0.3, 0.4) is 0 Å². The molecule has 0 saturated heterocycles. The van der Waals surface area contributed by atoms with Gasteiger partial charge >= 0.3 is 5.97 Å². The molecule has 0 aliphatic carbocycles. The van der Waals surface area contributed by atoms with Crippen molar-refractivity contribution in [2.75, 3.05) is 7.11 Å². The van der Waals surface area contributed by atoms with Gasteiger partial charge in [-0.1, -0.05) is 62.1 Å². The van der Waals surface area contributed by atoms with Crippen molar-refractivity contribution in [3.05, 3.63) is 96.1 Å². The summed E-state index contributed by atoms with van der Waals surface area (Å²) in [6, 6.07) is 26.1. The summed E-state index contributed by atoms with van der Waals surface area (Å²) in [6.45, 7) is 3.30. The van der Waals surface area contributed by atoms with E-state index in [1.807, 2.05) is 60.7 Å². The van der Waals surface area contributed by atoms with Gasteiger partial charge in [-0.3, -0.25) is 4.79 Å². The predicted molar refractivity (Wildman–Crippen MR) is 150 cm³/mol. The maximum Gasteiger partial charge on any atom is 0.324 e. The highest BCUT2D eigenvalue weighted by Crippen LogP contribution is 2.25. The Labute approximate surface area is 223 Å². The monoisotopic (exact) mass is 527 g/mol. The number of sulfonamides is 1. The summed E-state index contributed by atoms with van der Waals surface area (Å²) < 4.78 is 33.4. The highest BCUT2D eigenvalue weighted by Gasteiger charge is 2.39. The third-order valence-corrected chi connectivity index (χ3v) is 8.28. The number of methoxy groups -OCH3 is 1. The van der Waals surface area contributed by atoms with E-state index < -0.39 is 21.5 Å². The summed E-state index contributed by atoms with van der Waals surface area (Å²) in [7, 11) is -2.35. The van der Waals surface area contributed by atoms with Crippen molar-refractivity contribution in [2.45, 2.75) is 37.1 Å². The summed E-state index contributed by atoms with van der Waals surface area (Å²) in [5.41, 5.74) is 1.98. The van der Waals surface area contributed by atoms with Gasteiger partial charge in [0.15, 0.2) is 0 Å². The molecule has 2 N–H and O–H groups in total. The first-order valence-corrected chi connectivity index (χ1v) is 13.8. The van der Waals surface area contributed by atoms with Gasteiger partial charge in [0.2, 0.25) is 10.0 Å². The maximum absolute atomic E-state index is 12.9. The lowest BCUT2D eigenvalue weighted by Gasteiger charge is -2.27. The van der Waals surface area contributed by atoms with Gasteiger partial charge in [0, 0.05) is 11.1 Å². The minimum absolute atomic E-state index is 0.0186. The number of ether oxygens (including phenoxy) is 1. The van der Waals surface area contributed by atoms with Crippen LogP contribution in [0.1, 0.15) is 37.8 Å². The van der Waals surface area contributed by atoms with Crippen molar-refractivity contribution in [1.29, 1.82) is 0 Å². The minimum Gasteiger partial charge on any atom is -0.497 e. The predicted octanol–water partition coefficient (Wildman–Crippen LogP) is 5.84. The van der Waals surface area contributed by atoms with E-state index in [1.54, 1.807) is 33.1 Å². The Balaban J connectivity index is 1.49. The Kier molecular flexibility index (Phi) is 7.86. The maximum atomic E-state index is 12.9. The Bertz CT molecular complexity index is 1630. The summed E-state index contributed by atoms with van der Waals surface area (Å²) in [5.74, 6) is 6.02. The molecule has 4 rings (SSSR count). The first-order valence-electron chi connectivity index (χ1n) is 12.3. The number of nitrogens with one attached hydrogen (secondary N) is 1. The average Bonchev–Trinajstić information content (AvgIpc) is 2.94. The number of carboxylic acid groups (broad SMARTS) is 1. The summed E-state index contributed by atoms with van der Waals surface area (Å²) in [6.07, 6.45) is 0.281. The molecule has 38 heavy (non-hydrogen) atoms. The molecule has 0 bridgehead atoms. The van der Waals surface area contributed by atoms with Crippen LogP contribution >= 0.6 is 0 Å². The number of fused-ring (bicyclic) bond motifs is 1. The van der Waals surface area contributed by atoms with Crippen molar-refractivity contribution in [1.82, 2.24) is 4.72 Å². The number of benzene rings is 4. The van der Waals surface area contributed by atoms with Crippen LogP contribution in [-0.4, -0.2) is 32.1 Å². The van der Waals surface area contributed by atoms with E-state index >= 15 is 0 Å². The lowest BCUT2D eigenvalue weighted by Crippen LogP contribution is -2.53. The molecule has 194 valence electrons. The molecule has 0 aromatic heterocycles. The van der Waals surface area contributed by atoms with Crippen LogP contribution in [0.15, 0.2) is 89.8 Å². The van der Waals surface area contributed by atoms with Gasteiger partial charge in [-0.2, -0.15) is 4.72 Å². The van der Waals surface area contributed by atoms with E-state index in [-0.39, 0.29) is 17.7 Å². The van der Waals surface area contributed by atoms with E-state index in [1.165, 1.54) is 12.1 Å². The van der Waals surface area contributed by atoms with Crippen LogP contribution < -0.4 is 9.46 Å². The molecule has 4 aromatic carbocycles. The standard InChI is InChI=1S/C31H29NO5S/c1-4-31(5-2,30(33)34)32-38(35,36)29-18-15-25(16-19-29)24-11-8-22(9-12-24)6-7-23-10-13-27-21-28(37-3)17-14-26(27)20-23/h8-21,32H,4-5H2,1-3H3,(H,33,34). The van der Waals surface area contributed by atoms with Crippen molar-refractivity contribution in [2.24, 2.45) is 0 Å². The molecule has 0 heterocycles. The molecule has 0 unspecified atom stereocenters. The number of hydrogen-bond acceptors (Lipinski definition) is 4. The second-order valence-corrected chi connectivity index (χ2v) is 10.7. The van der Waals surface area contributed by atoms with Crippen LogP contribution in [0.4, 0.5) is 0 Å². The summed E-state index contributed by atoms with van der Waals surface area (Å²) in [4.78, 5) is 11.7. The fourth-order valence-corrected chi connectivity index (χ4v) is 5.70. The molecule has 0 spiro atoms. The van der Waals surface area contributed by atoms with E-state index in [2.05, 4.69) is 16.6 Å². The van der Waals surface area contributed by atoms with E-state index in [9.17, 15) is 18.3 Å². The van der Waals surface area contributed by atoms with E-state index in [0.717, 1.165) is 38.8 Å². The molecule has 0 saturated carbocycles. The Morgan fingerprint density at radius 1 is 0.816 bits per heavy atom. The molecule has 0 atom stereocenters. The fourth-order valence-electron chi connectivity index (χ4n) is 4.20. The molecule has 6 nitrogen and oxygen atoms in total. The largest absolute Gasteiger partial charge is 0.497 e. The first-order chi connectivity index (χ1) is 18.2. The Morgan fingerprint density at radius 3 is 1.92 bits per heavy atom. The number of rotatable bonds is 8. The fraction of sp³-hybridized carbons (Fsp3) is 0.194. The quantitative estimate of drug-likeness (QED) is 0.281. The van der Waals surface area contributed by atoms with E-state index in [4.69, 9.17) is 4.74 Å². The van der Waals surface area contributed by atoms with Gasteiger partial charge in [0.25, 0.3) is 0 Å². The van der Waals surface area contributed by atoms with Gasteiger partial charge in [-0.15, -0.1) is 0 Å². The zero-order valence-electron chi connectivity index (χ0n) is 21.5. The van der Waals surface area contributed by atoms with Crippen molar-refractivity contribution < 1.29 is 23.1 Å². The number of hydrogen-bond donors (Lipinski definition) is 2. The van der Waals surface area contributed by atoms with Crippen LogP contribution in [0, 0.1) is 11.8 Å². The molecule has 0 amide bonds. The zero-order chi connectivity index (χ0) is 27.3. The number of carbonyl (C=O) groups is 1. The van der Waals surface area contributed by atoms with Crippen molar-refractivity contribution in [3.8, 4) is 28.7 Å². The Morgan fingerprint density at radius 2 is 1.34 bits per heavy atom. The molecule has 0 aliphatic rings. The molecule has 4 aromatic rings. The van der Waals surface area contributed by atoms with Crippen LogP contribution in [0.2, 0.25) is 0 Å². The normalized spacial score (nSPS) is 11.6. The molecule has 0 aliphatic heterocycles. The third kappa shape index (κ3) is 5.72. The van der Waals surface area contributed by atoms with Crippen LogP contribution in [-0.2, 0) is 14.8 Å². The highest BCUT2D eigenvalue weighted by molar-refractivity contribution is 7.89. The topological polar surface area (TPSA) is 92.7 Å². The smallest absolute Gasteiger partial charge is 0.324 e. The third-order valence-electron chi connectivity index (χ3n) is 6.73. The van der Waals surface area contributed by atoms with E-state index in [0.29, 0.717) is 0 Å². The molecular weight excluding hydrogens is 498 g/mol. The molecule has 7 heteroatoms.